The van der Waals surface area contributed by atoms with Crippen molar-refractivity contribution < 1.29 is 42.9 Å². The van der Waals surface area contributed by atoms with Gasteiger partial charge in [-0.05, 0) is 72.8 Å². The molecule has 0 saturated carbocycles. The minimum absolute atomic E-state index is 0.205. The Kier molecular flexibility index (Phi) is 11.5. The molecule has 0 radical (unpaired) electrons. The molecule has 4 rings (SSSR count). The summed E-state index contributed by atoms with van der Waals surface area (Å²) < 4.78 is 31.2. The van der Waals surface area contributed by atoms with Crippen LogP contribution in [0.15, 0.2) is 86.2 Å². The van der Waals surface area contributed by atoms with Gasteiger partial charge in [-0.15, -0.1) is 0 Å². The molecule has 1 fully saturated rings. The molecule has 3 aromatic rings. The first kappa shape index (κ1) is 32.8. The lowest BCUT2D eigenvalue weighted by Crippen LogP contribution is -2.66. The Labute approximate surface area is 272 Å². The number of hydrogen-bond donors (Lipinski definition) is 1. The van der Waals surface area contributed by atoms with E-state index in [2.05, 4.69) is 53.1 Å². The predicted octanol–water partition coefficient (Wildman–Crippen LogP) is 5.46. The number of carbonyl (C=O) groups is 4. The minimum Gasteiger partial charge on any atom is -0.459 e. The molecule has 1 saturated heterocycles. The fourth-order valence-corrected chi connectivity index (χ4v) is 5.08. The fraction of sp³-hybridized carbons (Fsp3) is 0.267. The molecule has 0 unspecified atom stereocenters. The number of benzene rings is 3. The highest BCUT2D eigenvalue weighted by Crippen LogP contribution is 2.29. The van der Waals surface area contributed by atoms with Gasteiger partial charge in [0.1, 0.15) is 18.8 Å². The number of rotatable bonds is 9. The minimum atomic E-state index is -1.34. The van der Waals surface area contributed by atoms with Crippen molar-refractivity contribution in [1.29, 1.82) is 0 Å². The molecule has 0 bridgehead atoms. The van der Waals surface area contributed by atoms with Gasteiger partial charge in [0.25, 0.3) is 0 Å². The Hall–Kier alpha value is -3.10. The summed E-state index contributed by atoms with van der Waals surface area (Å²) in [6.45, 7) is 0.876. The molecule has 1 amide bonds. The second-order valence-corrected chi connectivity index (χ2v) is 12.1. The summed E-state index contributed by atoms with van der Waals surface area (Å²) in [5, 5.41) is 2.68. The van der Waals surface area contributed by atoms with Crippen molar-refractivity contribution in [3.05, 3.63) is 103 Å². The summed E-state index contributed by atoms with van der Waals surface area (Å²) >= 11 is 9.98. The third-order valence-corrected chi connectivity index (χ3v) is 7.94. The number of ether oxygens (including phenoxy) is 5. The summed E-state index contributed by atoms with van der Waals surface area (Å²) in [4.78, 5) is 51.7. The molecule has 10 nitrogen and oxygen atoms in total. The van der Waals surface area contributed by atoms with Crippen LogP contribution in [0.3, 0.4) is 0 Å². The molecule has 13 heteroatoms. The fourth-order valence-electron chi connectivity index (χ4n) is 4.29. The topological polar surface area (TPSA) is 126 Å². The molecular formula is C30H26Br3NO9. The van der Waals surface area contributed by atoms with Gasteiger partial charge in [0.05, 0.1) is 16.7 Å². The maximum atomic E-state index is 13.3. The summed E-state index contributed by atoms with van der Waals surface area (Å²) in [7, 11) is 1.34. The number of methoxy groups -OCH3 is 1. The van der Waals surface area contributed by atoms with Crippen LogP contribution in [-0.4, -0.2) is 68.2 Å². The predicted molar refractivity (Wildman–Crippen MR) is 164 cm³/mol. The van der Waals surface area contributed by atoms with E-state index in [4.69, 9.17) is 23.7 Å². The Bertz CT molecular complexity index is 1450. The standard InChI is InChI=1S/C30H26Br3NO9/c1-16(35)34-24-26(43-29(38)19-7-13-22(33)14-8-19)25(42-28(37)18-5-11-21(32)12-6-18)23(41-30(24)39-2)15-40-27(36)17-3-9-20(31)10-4-17/h3-14,23-26,30H,15H2,1-2H3,(H,34,35)/t23-,24-,25+,26-,30+/m1/s1. The highest BCUT2D eigenvalue weighted by atomic mass is 79.9. The first-order valence-electron chi connectivity index (χ1n) is 12.9. The van der Waals surface area contributed by atoms with Crippen LogP contribution >= 0.6 is 47.8 Å². The number of hydrogen-bond acceptors (Lipinski definition) is 9. The van der Waals surface area contributed by atoms with Gasteiger partial charge >= 0.3 is 17.9 Å². The lowest BCUT2D eigenvalue weighted by Gasteiger charge is -2.44. The van der Waals surface area contributed by atoms with Gasteiger partial charge in [0, 0.05) is 27.5 Å². The average molecular weight is 784 g/mol. The number of esters is 3. The van der Waals surface area contributed by atoms with E-state index in [0.29, 0.717) is 0 Å². The molecule has 0 aromatic heterocycles. The maximum absolute atomic E-state index is 13.3. The van der Waals surface area contributed by atoms with Gasteiger partial charge in [-0.3, -0.25) is 4.79 Å². The quantitative estimate of drug-likeness (QED) is 0.223. The van der Waals surface area contributed by atoms with Crippen LogP contribution in [0.5, 0.6) is 0 Å². The van der Waals surface area contributed by atoms with Crippen LogP contribution in [0.1, 0.15) is 38.0 Å². The van der Waals surface area contributed by atoms with E-state index in [1.54, 1.807) is 72.8 Å². The molecule has 0 aliphatic carbocycles. The van der Waals surface area contributed by atoms with Crippen LogP contribution in [0.4, 0.5) is 0 Å². The van der Waals surface area contributed by atoms with Crippen molar-refractivity contribution in [3.8, 4) is 0 Å². The Balaban J connectivity index is 1.68. The monoisotopic (exact) mass is 781 g/mol. The van der Waals surface area contributed by atoms with Crippen molar-refractivity contribution in [1.82, 2.24) is 5.32 Å². The van der Waals surface area contributed by atoms with Crippen molar-refractivity contribution in [2.24, 2.45) is 0 Å². The van der Waals surface area contributed by atoms with E-state index in [1.807, 2.05) is 0 Å². The third kappa shape index (κ3) is 8.73. The number of carbonyl (C=O) groups excluding carboxylic acids is 4. The van der Waals surface area contributed by atoms with Gasteiger partial charge in [-0.2, -0.15) is 0 Å². The van der Waals surface area contributed by atoms with Crippen molar-refractivity contribution in [2.45, 2.75) is 37.6 Å². The lowest BCUT2D eigenvalue weighted by atomic mass is 9.95. The van der Waals surface area contributed by atoms with Crippen molar-refractivity contribution >= 4 is 71.6 Å². The highest BCUT2D eigenvalue weighted by molar-refractivity contribution is 9.11. The van der Waals surface area contributed by atoms with Crippen molar-refractivity contribution in [2.75, 3.05) is 13.7 Å². The van der Waals surface area contributed by atoms with E-state index in [-0.39, 0.29) is 16.7 Å². The van der Waals surface area contributed by atoms with Gasteiger partial charge in [-0.25, -0.2) is 14.4 Å². The summed E-state index contributed by atoms with van der Waals surface area (Å²) in [6.07, 6.45) is -4.96. The second-order valence-electron chi connectivity index (χ2n) is 9.36. The largest absolute Gasteiger partial charge is 0.459 e. The maximum Gasteiger partial charge on any atom is 0.338 e. The van der Waals surface area contributed by atoms with E-state index < -0.39 is 61.1 Å². The lowest BCUT2D eigenvalue weighted by molar-refractivity contribution is -0.261. The van der Waals surface area contributed by atoms with E-state index >= 15 is 0 Å². The molecule has 226 valence electrons. The van der Waals surface area contributed by atoms with Crippen LogP contribution in [0, 0.1) is 0 Å². The Morgan fingerprint density at radius 2 is 1.12 bits per heavy atom. The number of amides is 1. The van der Waals surface area contributed by atoms with E-state index in [9.17, 15) is 19.2 Å². The van der Waals surface area contributed by atoms with Crippen LogP contribution < -0.4 is 5.32 Å². The smallest absolute Gasteiger partial charge is 0.338 e. The summed E-state index contributed by atoms with van der Waals surface area (Å²) in [5.74, 6) is -2.64. The Morgan fingerprint density at radius 3 is 1.53 bits per heavy atom. The first-order valence-corrected chi connectivity index (χ1v) is 15.2. The second kappa shape index (κ2) is 15.1. The van der Waals surface area contributed by atoms with Gasteiger partial charge < -0.3 is 29.0 Å². The molecule has 1 aliphatic rings. The molecule has 43 heavy (non-hydrogen) atoms. The van der Waals surface area contributed by atoms with Gasteiger partial charge in [0.15, 0.2) is 18.5 Å². The van der Waals surface area contributed by atoms with E-state index in [1.165, 1.54) is 14.0 Å². The third-order valence-electron chi connectivity index (χ3n) is 6.35. The zero-order chi connectivity index (χ0) is 31.1. The zero-order valence-electron chi connectivity index (χ0n) is 22.8. The van der Waals surface area contributed by atoms with E-state index in [0.717, 1.165) is 13.4 Å². The van der Waals surface area contributed by atoms with Gasteiger partial charge in [-0.1, -0.05) is 47.8 Å². The van der Waals surface area contributed by atoms with Crippen molar-refractivity contribution in [3.63, 3.8) is 0 Å². The molecule has 1 N–H and O–H groups in total. The molecular weight excluding hydrogens is 758 g/mol. The highest BCUT2D eigenvalue weighted by Gasteiger charge is 2.51. The summed E-state index contributed by atoms with van der Waals surface area (Å²) in [5.41, 5.74) is 0.693. The Morgan fingerprint density at radius 1 is 0.698 bits per heavy atom. The molecule has 0 spiro atoms. The number of halogens is 3. The summed E-state index contributed by atoms with van der Waals surface area (Å²) in [6, 6.07) is 18.3. The average Bonchev–Trinajstić information content (AvgIpc) is 2.98. The molecule has 1 heterocycles. The molecule has 1 aliphatic heterocycles. The van der Waals surface area contributed by atoms with Gasteiger partial charge in [0.2, 0.25) is 5.91 Å². The molecule has 5 atom stereocenters. The normalized spacial score (nSPS) is 21.4. The SMILES string of the molecule is CO[C@H]1O[C@H](COC(=O)c2ccc(Br)cc2)[C@H](OC(=O)c2ccc(Br)cc2)[C@H](OC(=O)c2ccc(Br)cc2)[C@H]1NC(C)=O. The number of nitrogens with one attached hydrogen (secondary N) is 1. The van der Waals surface area contributed by atoms with Crippen LogP contribution in [0.2, 0.25) is 0 Å². The van der Waals surface area contributed by atoms with Crippen LogP contribution in [0.25, 0.3) is 0 Å². The zero-order valence-corrected chi connectivity index (χ0v) is 27.6. The first-order chi connectivity index (χ1) is 20.5. The van der Waals surface area contributed by atoms with Crippen LogP contribution in [-0.2, 0) is 28.5 Å². The molecule has 3 aromatic carbocycles.